The highest BCUT2D eigenvalue weighted by Gasteiger charge is 2.31. The van der Waals surface area contributed by atoms with Crippen molar-refractivity contribution in [2.45, 2.75) is 19.5 Å². The van der Waals surface area contributed by atoms with Gasteiger partial charge in [-0.15, -0.1) is 0 Å². The second-order valence-corrected chi connectivity index (χ2v) is 6.62. The number of aromatic amines is 1. The van der Waals surface area contributed by atoms with Gasteiger partial charge in [0.15, 0.2) is 0 Å². The fourth-order valence-corrected chi connectivity index (χ4v) is 2.97. The van der Waals surface area contributed by atoms with Crippen molar-refractivity contribution in [2.24, 2.45) is 0 Å². The monoisotopic (exact) mass is 400 g/mol. The van der Waals surface area contributed by atoms with E-state index in [4.69, 9.17) is 0 Å². The van der Waals surface area contributed by atoms with Gasteiger partial charge in [-0.3, -0.25) is 9.59 Å². The molecule has 1 N–H and O–H groups in total. The number of anilines is 1. The molecule has 0 spiro atoms. The average molecular weight is 400 g/mol. The van der Waals surface area contributed by atoms with Gasteiger partial charge in [0.25, 0.3) is 11.5 Å². The van der Waals surface area contributed by atoms with E-state index in [1.807, 2.05) is 30.3 Å². The molecule has 0 saturated heterocycles. The molecule has 3 rings (SSSR count). The summed E-state index contributed by atoms with van der Waals surface area (Å²) in [6.45, 7) is 1.80. The summed E-state index contributed by atoms with van der Waals surface area (Å²) >= 11 is 0. The number of H-pyrrole nitrogens is 1. The molecule has 0 fully saturated rings. The first-order chi connectivity index (χ1) is 13.8. The van der Waals surface area contributed by atoms with Crippen molar-refractivity contribution in [3.8, 4) is 0 Å². The maximum atomic E-state index is 13.2. The molecule has 1 heterocycles. The Morgan fingerprint density at radius 2 is 1.72 bits per heavy atom. The summed E-state index contributed by atoms with van der Waals surface area (Å²) in [5.41, 5.74) is 0.0374. The first kappa shape index (κ1) is 20.4. The molecular weight excluding hydrogens is 381 g/mol. The highest BCUT2D eigenvalue weighted by Crippen LogP contribution is 2.32. The number of carbonyl (C=O) groups is 1. The second-order valence-electron chi connectivity index (χ2n) is 6.62. The van der Waals surface area contributed by atoms with E-state index < -0.39 is 23.2 Å². The number of aromatic nitrogens is 1. The molecule has 0 bridgehead atoms. The van der Waals surface area contributed by atoms with Gasteiger partial charge in [0.2, 0.25) is 0 Å². The van der Waals surface area contributed by atoms with Gasteiger partial charge < -0.3 is 9.88 Å². The van der Waals surface area contributed by atoms with Crippen LogP contribution >= 0.6 is 0 Å². The van der Waals surface area contributed by atoms with Crippen molar-refractivity contribution in [3.63, 3.8) is 0 Å². The van der Waals surface area contributed by atoms with Crippen molar-refractivity contribution >= 4 is 11.6 Å². The molecule has 0 aliphatic carbocycles. The molecule has 1 amide bonds. The van der Waals surface area contributed by atoms with Crippen molar-refractivity contribution in [1.82, 2.24) is 4.98 Å². The largest absolute Gasteiger partial charge is 0.416 e. The number of halogens is 3. The lowest BCUT2D eigenvalue weighted by Crippen LogP contribution is -2.36. The van der Waals surface area contributed by atoms with Crippen LogP contribution in [0.2, 0.25) is 0 Å². The summed E-state index contributed by atoms with van der Waals surface area (Å²) in [4.78, 5) is 29.1. The molecule has 4 nitrogen and oxygen atoms in total. The maximum absolute atomic E-state index is 13.2. The SMILES string of the molecule is Cc1ccc(C(=O)N(CCc2ccccc2)c2cccc(C(F)(F)F)c2)c(=O)[nH]1. The first-order valence-corrected chi connectivity index (χ1v) is 8.98. The maximum Gasteiger partial charge on any atom is 0.416 e. The highest BCUT2D eigenvalue weighted by atomic mass is 19.4. The number of carbonyl (C=O) groups excluding carboxylic acids is 1. The fraction of sp³-hybridized carbons (Fsp3) is 0.182. The minimum Gasteiger partial charge on any atom is -0.326 e. The van der Waals surface area contributed by atoms with Gasteiger partial charge in [0.1, 0.15) is 5.56 Å². The smallest absolute Gasteiger partial charge is 0.326 e. The first-order valence-electron chi connectivity index (χ1n) is 8.98. The third-order valence-electron chi connectivity index (χ3n) is 4.48. The van der Waals surface area contributed by atoms with E-state index in [9.17, 15) is 22.8 Å². The zero-order chi connectivity index (χ0) is 21.0. The number of nitrogens with zero attached hydrogens (tertiary/aromatic N) is 1. The topological polar surface area (TPSA) is 53.2 Å². The van der Waals surface area contributed by atoms with Gasteiger partial charge in [-0.25, -0.2) is 0 Å². The van der Waals surface area contributed by atoms with Crippen LogP contribution in [-0.4, -0.2) is 17.4 Å². The Bertz CT molecular complexity index is 1060. The number of alkyl halides is 3. The second kappa shape index (κ2) is 8.34. The lowest BCUT2D eigenvalue weighted by molar-refractivity contribution is -0.137. The van der Waals surface area contributed by atoms with E-state index in [-0.39, 0.29) is 17.8 Å². The van der Waals surface area contributed by atoms with Crippen LogP contribution in [0, 0.1) is 6.92 Å². The quantitative estimate of drug-likeness (QED) is 0.681. The molecule has 0 aliphatic rings. The van der Waals surface area contributed by atoms with E-state index in [0.29, 0.717) is 12.1 Å². The van der Waals surface area contributed by atoms with Crippen LogP contribution in [0.4, 0.5) is 18.9 Å². The number of hydrogen-bond acceptors (Lipinski definition) is 2. The number of nitrogens with one attached hydrogen (secondary N) is 1. The predicted molar refractivity (Wildman–Crippen MR) is 105 cm³/mol. The fourth-order valence-electron chi connectivity index (χ4n) is 2.97. The van der Waals surface area contributed by atoms with Crippen molar-refractivity contribution in [2.75, 3.05) is 11.4 Å². The zero-order valence-corrected chi connectivity index (χ0v) is 15.7. The number of benzene rings is 2. The Hall–Kier alpha value is -3.35. The summed E-state index contributed by atoms with van der Waals surface area (Å²) in [6.07, 6.45) is -4.11. The molecule has 3 aromatic rings. The van der Waals surface area contributed by atoms with Crippen LogP contribution in [0.5, 0.6) is 0 Å². The molecule has 29 heavy (non-hydrogen) atoms. The molecule has 7 heteroatoms. The van der Waals surface area contributed by atoms with E-state index in [0.717, 1.165) is 17.7 Å². The van der Waals surface area contributed by atoms with Crippen LogP contribution in [0.3, 0.4) is 0 Å². The van der Waals surface area contributed by atoms with Gasteiger partial charge in [-0.2, -0.15) is 13.2 Å². The van der Waals surface area contributed by atoms with Crippen LogP contribution in [0.1, 0.15) is 27.2 Å². The van der Waals surface area contributed by atoms with Crippen LogP contribution < -0.4 is 10.5 Å². The molecule has 1 aromatic heterocycles. The third-order valence-corrected chi connectivity index (χ3v) is 4.48. The van der Waals surface area contributed by atoms with Crippen LogP contribution in [0.15, 0.2) is 71.5 Å². The Balaban J connectivity index is 1.99. The van der Waals surface area contributed by atoms with E-state index in [2.05, 4.69) is 4.98 Å². The summed E-state index contributed by atoms with van der Waals surface area (Å²) in [5.74, 6) is -0.651. The number of hydrogen-bond donors (Lipinski definition) is 1. The molecule has 0 aliphatic heterocycles. The van der Waals surface area contributed by atoms with Crippen LogP contribution in [0.25, 0.3) is 0 Å². The predicted octanol–water partition coefficient (Wildman–Crippen LogP) is 4.59. The number of aryl methyl sites for hydroxylation is 1. The average Bonchev–Trinajstić information content (AvgIpc) is 2.68. The highest BCUT2D eigenvalue weighted by molar-refractivity contribution is 6.05. The standard InChI is InChI=1S/C22H19F3N2O2/c1-15-10-11-19(20(28)26-15)21(29)27(13-12-16-6-3-2-4-7-16)18-9-5-8-17(14-18)22(23,24)25/h2-11,14H,12-13H2,1H3,(H,26,28). The van der Waals surface area contributed by atoms with Crippen molar-refractivity contribution in [3.05, 3.63) is 99.5 Å². The Labute approximate surface area is 165 Å². The number of pyridine rings is 1. The lowest BCUT2D eigenvalue weighted by atomic mass is 10.1. The van der Waals surface area contributed by atoms with E-state index in [1.165, 1.54) is 23.1 Å². The molecule has 2 aromatic carbocycles. The normalized spacial score (nSPS) is 11.3. The Morgan fingerprint density at radius 1 is 1.00 bits per heavy atom. The van der Waals surface area contributed by atoms with Gasteiger partial charge in [0.05, 0.1) is 5.56 Å². The number of rotatable bonds is 5. The van der Waals surface area contributed by atoms with Crippen molar-refractivity contribution < 1.29 is 18.0 Å². The van der Waals surface area contributed by atoms with Crippen LogP contribution in [-0.2, 0) is 12.6 Å². The van der Waals surface area contributed by atoms with Gasteiger partial charge >= 0.3 is 6.18 Å². The summed E-state index contributed by atoms with van der Waals surface area (Å²) in [7, 11) is 0. The van der Waals surface area contributed by atoms with E-state index in [1.54, 1.807) is 13.0 Å². The summed E-state index contributed by atoms with van der Waals surface area (Å²) in [6, 6.07) is 16.8. The summed E-state index contributed by atoms with van der Waals surface area (Å²) in [5, 5.41) is 0. The third kappa shape index (κ3) is 4.93. The lowest BCUT2D eigenvalue weighted by Gasteiger charge is -2.24. The molecule has 0 radical (unpaired) electrons. The van der Waals surface area contributed by atoms with Gasteiger partial charge in [-0.1, -0.05) is 36.4 Å². The van der Waals surface area contributed by atoms with Gasteiger partial charge in [0, 0.05) is 17.9 Å². The van der Waals surface area contributed by atoms with E-state index >= 15 is 0 Å². The van der Waals surface area contributed by atoms with Crippen molar-refractivity contribution in [1.29, 1.82) is 0 Å². The molecule has 0 atom stereocenters. The Kier molecular flexibility index (Phi) is 5.87. The minimum atomic E-state index is -4.54. The zero-order valence-electron chi connectivity index (χ0n) is 15.7. The van der Waals surface area contributed by atoms with Gasteiger partial charge in [-0.05, 0) is 49.2 Å². The molecule has 0 saturated carbocycles. The molecule has 0 unspecified atom stereocenters. The molecule has 150 valence electrons. The number of amides is 1. The molecular formula is C22H19F3N2O2. The minimum absolute atomic E-state index is 0.0840. The summed E-state index contributed by atoms with van der Waals surface area (Å²) < 4.78 is 39.5. The Morgan fingerprint density at radius 3 is 2.38 bits per heavy atom.